The minimum Gasteiger partial charge on any atom is -0.463 e. The first kappa shape index (κ1) is 25.3. The molecule has 1 aliphatic carbocycles. The zero-order valence-corrected chi connectivity index (χ0v) is 19.6. The van der Waals surface area contributed by atoms with E-state index in [0.717, 1.165) is 50.9 Å². The van der Waals surface area contributed by atoms with Crippen LogP contribution in [0.1, 0.15) is 64.0 Å². The average molecular weight is 434 g/mol. The van der Waals surface area contributed by atoms with Crippen molar-refractivity contribution in [2.75, 3.05) is 39.5 Å². The van der Waals surface area contributed by atoms with Crippen molar-refractivity contribution >= 4 is 11.9 Å². The van der Waals surface area contributed by atoms with Gasteiger partial charge in [-0.1, -0.05) is 38.1 Å². The first-order valence-corrected chi connectivity index (χ1v) is 11.7. The van der Waals surface area contributed by atoms with E-state index in [1.165, 1.54) is 12.5 Å². The molecular formula is C25H39NO5. The molecule has 0 N–H and O–H groups in total. The summed E-state index contributed by atoms with van der Waals surface area (Å²) in [5.41, 5.74) is 2.15. The Morgan fingerprint density at radius 2 is 1.77 bits per heavy atom. The molecule has 3 atom stereocenters. The van der Waals surface area contributed by atoms with Gasteiger partial charge in [0.25, 0.3) is 0 Å². The van der Waals surface area contributed by atoms with E-state index in [4.69, 9.17) is 14.2 Å². The van der Waals surface area contributed by atoms with E-state index in [1.807, 2.05) is 19.1 Å². The number of hydrogen-bond acceptors (Lipinski definition) is 6. The molecule has 6 nitrogen and oxygen atoms in total. The van der Waals surface area contributed by atoms with E-state index >= 15 is 0 Å². The normalized spacial score (nSPS) is 19.4. The highest BCUT2D eigenvalue weighted by atomic mass is 16.6. The predicted octanol–water partition coefficient (Wildman–Crippen LogP) is 3.97. The Morgan fingerprint density at radius 3 is 2.42 bits per heavy atom. The van der Waals surface area contributed by atoms with E-state index in [9.17, 15) is 9.59 Å². The van der Waals surface area contributed by atoms with Crippen molar-refractivity contribution < 1.29 is 23.8 Å². The Labute approximate surface area is 187 Å². The topological polar surface area (TPSA) is 65.1 Å². The van der Waals surface area contributed by atoms with Crippen LogP contribution in [0, 0.1) is 5.92 Å². The largest absolute Gasteiger partial charge is 0.463 e. The number of carbonyl (C=O) groups is 2. The first-order chi connectivity index (χ1) is 14.9. The van der Waals surface area contributed by atoms with E-state index < -0.39 is 0 Å². The molecule has 1 aromatic carbocycles. The molecule has 0 radical (unpaired) electrons. The van der Waals surface area contributed by atoms with Gasteiger partial charge in [-0.3, -0.25) is 9.59 Å². The summed E-state index contributed by atoms with van der Waals surface area (Å²) in [7, 11) is 0. The quantitative estimate of drug-likeness (QED) is 0.346. The number of rotatable bonds is 13. The van der Waals surface area contributed by atoms with Crippen LogP contribution in [0.3, 0.4) is 0 Å². The van der Waals surface area contributed by atoms with E-state index in [-0.39, 0.29) is 30.6 Å². The molecule has 1 aliphatic rings. The molecule has 31 heavy (non-hydrogen) atoms. The van der Waals surface area contributed by atoms with Gasteiger partial charge in [0.1, 0.15) is 12.7 Å². The summed E-state index contributed by atoms with van der Waals surface area (Å²) in [4.78, 5) is 25.9. The van der Waals surface area contributed by atoms with Crippen LogP contribution in [-0.4, -0.2) is 62.4 Å². The third-order valence-corrected chi connectivity index (χ3v) is 6.16. The van der Waals surface area contributed by atoms with Gasteiger partial charge in [-0.05, 0) is 62.7 Å². The highest BCUT2D eigenvalue weighted by Crippen LogP contribution is 2.31. The fraction of sp³-hybridized carbons (Fsp3) is 0.680. The summed E-state index contributed by atoms with van der Waals surface area (Å²) in [5, 5.41) is 0. The van der Waals surface area contributed by atoms with Gasteiger partial charge in [-0.2, -0.15) is 0 Å². The van der Waals surface area contributed by atoms with Crippen molar-refractivity contribution in [1.82, 2.24) is 4.90 Å². The van der Waals surface area contributed by atoms with E-state index in [1.54, 1.807) is 0 Å². The molecule has 0 amide bonds. The van der Waals surface area contributed by atoms with Gasteiger partial charge in [0, 0.05) is 13.5 Å². The van der Waals surface area contributed by atoms with Gasteiger partial charge in [0.05, 0.1) is 19.1 Å². The summed E-state index contributed by atoms with van der Waals surface area (Å²) in [6.07, 6.45) is 4.05. The molecule has 1 aromatic rings. The number of hydrogen-bond donors (Lipinski definition) is 0. The maximum Gasteiger partial charge on any atom is 0.313 e. The molecular weight excluding hydrogens is 394 g/mol. The van der Waals surface area contributed by atoms with Crippen molar-refractivity contribution in [3.8, 4) is 0 Å². The number of esters is 2. The maximum absolute atomic E-state index is 12.4. The van der Waals surface area contributed by atoms with Crippen molar-refractivity contribution in [2.45, 2.75) is 65.4 Å². The zero-order valence-electron chi connectivity index (χ0n) is 19.6. The van der Waals surface area contributed by atoms with Crippen LogP contribution < -0.4 is 0 Å². The highest BCUT2D eigenvalue weighted by Gasteiger charge is 2.29. The second-order valence-electron chi connectivity index (χ2n) is 8.31. The fourth-order valence-corrected chi connectivity index (χ4v) is 4.15. The van der Waals surface area contributed by atoms with Gasteiger partial charge in [-0.25, -0.2) is 0 Å². The Balaban J connectivity index is 1.72. The molecule has 0 bridgehead atoms. The number of ether oxygens (including phenoxy) is 3. The van der Waals surface area contributed by atoms with Gasteiger partial charge in [-0.15, -0.1) is 0 Å². The summed E-state index contributed by atoms with van der Waals surface area (Å²) in [5.74, 6) is -0.372. The SMILES string of the molecule is CCN(CC)CCOCCOC(=O)[C@@H](C)c1ccc(C[C@H]2CCC[C@@H]2OC(C)=O)cc1. The first-order valence-electron chi connectivity index (χ1n) is 11.7. The van der Waals surface area contributed by atoms with Crippen LogP contribution >= 0.6 is 0 Å². The average Bonchev–Trinajstić information content (AvgIpc) is 3.19. The lowest BCUT2D eigenvalue weighted by molar-refractivity contribution is -0.148. The second-order valence-corrected chi connectivity index (χ2v) is 8.31. The predicted molar refractivity (Wildman–Crippen MR) is 121 cm³/mol. The molecule has 0 aromatic heterocycles. The number of benzene rings is 1. The van der Waals surface area contributed by atoms with Crippen LogP contribution in [-0.2, 0) is 30.2 Å². The Kier molecular flexibility index (Phi) is 11.0. The summed E-state index contributed by atoms with van der Waals surface area (Å²) in [6, 6.07) is 8.13. The molecule has 0 saturated heterocycles. The Hall–Kier alpha value is -1.92. The van der Waals surface area contributed by atoms with Crippen LogP contribution in [0.2, 0.25) is 0 Å². The smallest absolute Gasteiger partial charge is 0.313 e. The van der Waals surface area contributed by atoms with Gasteiger partial charge in [0.15, 0.2) is 0 Å². The third kappa shape index (κ3) is 8.62. The molecule has 6 heteroatoms. The molecule has 174 valence electrons. The van der Waals surface area contributed by atoms with Gasteiger partial charge < -0.3 is 19.1 Å². The molecule has 0 heterocycles. The zero-order chi connectivity index (χ0) is 22.6. The lowest BCUT2D eigenvalue weighted by Crippen LogP contribution is -2.27. The lowest BCUT2D eigenvalue weighted by Gasteiger charge is -2.20. The fourth-order valence-electron chi connectivity index (χ4n) is 4.15. The van der Waals surface area contributed by atoms with Crippen molar-refractivity contribution in [1.29, 1.82) is 0 Å². The minimum atomic E-state index is -0.315. The summed E-state index contributed by atoms with van der Waals surface area (Å²) < 4.78 is 16.4. The standard InChI is InChI=1S/C25H39NO5/c1-5-26(6-2)14-15-29-16-17-30-25(28)19(3)22-12-10-21(11-13-22)18-23-8-7-9-24(23)31-20(4)27/h10-13,19,23-24H,5-9,14-18H2,1-4H3/t19-,23+,24-/m0/s1. The molecule has 0 aliphatic heterocycles. The van der Waals surface area contributed by atoms with Crippen LogP contribution in [0.15, 0.2) is 24.3 Å². The molecule has 0 spiro atoms. The molecule has 1 fully saturated rings. The third-order valence-electron chi connectivity index (χ3n) is 6.16. The van der Waals surface area contributed by atoms with E-state index in [2.05, 4.69) is 30.9 Å². The molecule has 0 unspecified atom stereocenters. The second kappa shape index (κ2) is 13.5. The van der Waals surface area contributed by atoms with Crippen molar-refractivity contribution in [3.05, 3.63) is 35.4 Å². The monoisotopic (exact) mass is 433 g/mol. The van der Waals surface area contributed by atoms with E-state index in [0.29, 0.717) is 19.1 Å². The van der Waals surface area contributed by atoms with Crippen LogP contribution in [0.25, 0.3) is 0 Å². The lowest BCUT2D eigenvalue weighted by atomic mass is 9.93. The molecule has 2 rings (SSSR count). The number of nitrogens with zero attached hydrogens (tertiary/aromatic N) is 1. The number of likely N-dealkylation sites (N-methyl/N-ethyl adjacent to an activating group) is 1. The summed E-state index contributed by atoms with van der Waals surface area (Å²) >= 11 is 0. The molecule has 1 saturated carbocycles. The Bertz CT molecular complexity index is 671. The van der Waals surface area contributed by atoms with Crippen molar-refractivity contribution in [2.24, 2.45) is 5.92 Å². The van der Waals surface area contributed by atoms with Gasteiger partial charge >= 0.3 is 11.9 Å². The number of carbonyl (C=O) groups excluding carboxylic acids is 2. The minimum absolute atomic E-state index is 0.0281. The highest BCUT2D eigenvalue weighted by molar-refractivity contribution is 5.77. The maximum atomic E-state index is 12.4. The van der Waals surface area contributed by atoms with Crippen molar-refractivity contribution in [3.63, 3.8) is 0 Å². The Morgan fingerprint density at radius 1 is 1.06 bits per heavy atom. The van der Waals surface area contributed by atoms with Crippen LogP contribution in [0.4, 0.5) is 0 Å². The van der Waals surface area contributed by atoms with Gasteiger partial charge in [0.2, 0.25) is 0 Å². The van der Waals surface area contributed by atoms with Crippen LogP contribution in [0.5, 0.6) is 0 Å². The summed E-state index contributed by atoms with van der Waals surface area (Å²) in [6.45, 7) is 11.9.